The molecule has 1 saturated heterocycles. The van der Waals surface area contributed by atoms with Gasteiger partial charge in [0.25, 0.3) is 0 Å². The predicted molar refractivity (Wildman–Crippen MR) is 98.0 cm³/mol. The molecule has 5 rings (SSSR count). The molecule has 0 radical (unpaired) electrons. The SMILES string of the molecule is Cn1ncc2cc(-c3ccc4oc(C5CCCN5C#N)nc4c3)ccc21. The van der Waals surface area contributed by atoms with E-state index in [0.717, 1.165) is 52.5 Å². The molecule has 1 aliphatic heterocycles. The molecule has 6 heteroatoms. The largest absolute Gasteiger partial charge is 0.438 e. The standard InChI is InChI=1S/C20H17N5O/c1-24-17-6-4-13(9-15(17)11-22-24)14-5-7-19-16(10-14)23-20(26-19)18-3-2-8-25(18)12-21/h4-7,9-11,18H,2-3,8H2,1H3. The lowest BCUT2D eigenvalue weighted by atomic mass is 10.0. The van der Waals surface area contributed by atoms with Crippen LogP contribution in [0.4, 0.5) is 0 Å². The molecule has 0 aliphatic carbocycles. The van der Waals surface area contributed by atoms with Crippen LogP contribution < -0.4 is 0 Å². The van der Waals surface area contributed by atoms with Crippen molar-refractivity contribution in [2.45, 2.75) is 18.9 Å². The van der Waals surface area contributed by atoms with E-state index in [1.54, 1.807) is 4.90 Å². The van der Waals surface area contributed by atoms with Crippen molar-refractivity contribution in [1.82, 2.24) is 19.7 Å². The topological polar surface area (TPSA) is 70.9 Å². The fourth-order valence-electron chi connectivity index (χ4n) is 3.75. The van der Waals surface area contributed by atoms with Crippen molar-refractivity contribution in [3.05, 3.63) is 48.5 Å². The Kier molecular flexibility index (Phi) is 3.22. The Morgan fingerprint density at radius 3 is 2.92 bits per heavy atom. The molecule has 2 aromatic carbocycles. The number of benzene rings is 2. The summed E-state index contributed by atoms with van der Waals surface area (Å²) in [6.07, 6.45) is 6.02. The Morgan fingerprint density at radius 2 is 2.04 bits per heavy atom. The molecule has 0 saturated carbocycles. The van der Waals surface area contributed by atoms with Gasteiger partial charge < -0.3 is 4.42 Å². The number of likely N-dealkylation sites (tertiary alicyclic amines) is 1. The van der Waals surface area contributed by atoms with Crippen LogP contribution in [-0.4, -0.2) is 26.2 Å². The maximum atomic E-state index is 9.25. The first-order valence-corrected chi connectivity index (χ1v) is 8.72. The Balaban J connectivity index is 1.55. The van der Waals surface area contributed by atoms with Crippen molar-refractivity contribution in [3.8, 4) is 17.3 Å². The van der Waals surface area contributed by atoms with Crippen LogP contribution in [0.5, 0.6) is 0 Å². The van der Waals surface area contributed by atoms with Gasteiger partial charge in [-0.15, -0.1) is 0 Å². The van der Waals surface area contributed by atoms with Gasteiger partial charge in [0.05, 0.1) is 11.7 Å². The van der Waals surface area contributed by atoms with Crippen LogP contribution in [0.25, 0.3) is 33.1 Å². The van der Waals surface area contributed by atoms with Gasteiger partial charge >= 0.3 is 0 Å². The first-order chi connectivity index (χ1) is 12.7. The van der Waals surface area contributed by atoms with E-state index in [1.807, 2.05) is 36.1 Å². The smallest absolute Gasteiger partial charge is 0.218 e. The molecule has 4 aromatic rings. The van der Waals surface area contributed by atoms with Crippen LogP contribution in [0.15, 0.2) is 47.0 Å². The average Bonchev–Trinajstić information content (AvgIpc) is 3.38. The number of aryl methyl sites for hydroxylation is 1. The molecule has 1 unspecified atom stereocenters. The number of nitrogens with zero attached hydrogens (tertiary/aromatic N) is 5. The van der Waals surface area contributed by atoms with E-state index in [1.165, 1.54) is 0 Å². The van der Waals surface area contributed by atoms with Crippen molar-refractivity contribution < 1.29 is 4.42 Å². The zero-order chi connectivity index (χ0) is 17.7. The summed E-state index contributed by atoms with van der Waals surface area (Å²) in [5.41, 5.74) is 4.91. The van der Waals surface area contributed by atoms with Crippen molar-refractivity contribution >= 4 is 22.0 Å². The third-order valence-electron chi connectivity index (χ3n) is 5.15. The van der Waals surface area contributed by atoms with E-state index < -0.39 is 0 Å². The van der Waals surface area contributed by atoms with Crippen LogP contribution in [0, 0.1) is 11.5 Å². The second-order valence-electron chi connectivity index (χ2n) is 6.73. The minimum absolute atomic E-state index is 0.0393. The van der Waals surface area contributed by atoms with Crippen LogP contribution in [-0.2, 0) is 7.05 Å². The Labute approximate surface area is 150 Å². The number of rotatable bonds is 2. The molecular weight excluding hydrogens is 326 g/mol. The Hall–Kier alpha value is -3.33. The molecule has 6 nitrogen and oxygen atoms in total. The third kappa shape index (κ3) is 2.25. The molecule has 2 aromatic heterocycles. The molecule has 0 bridgehead atoms. The Morgan fingerprint density at radius 1 is 1.19 bits per heavy atom. The highest BCUT2D eigenvalue weighted by molar-refractivity contribution is 5.87. The number of hydrogen-bond acceptors (Lipinski definition) is 5. The van der Waals surface area contributed by atoms with Crippen molar-refractivity contribution in [1.29, 1.82) is 5.26 Å². The maximum absolute atomic E-state index is 9.25. The van der Waals surface area contributed by atoms with Crippen LogP contribution in [0.3, 0.4) is 0 Å². The van der Waals surface area contributed by atoms with Gasteiger partial charge in [-0.2, -0.15) is 10.4 Å². The lowest BCUT2D eigenvalue weighted by Crippen LogP contribution is -2.17. The van der Waals surface area contributed by atoms with E-state index in [0.29, 0.717) is 5.89 Å². The third-order valence-corrected chi connectivity index (χ3v) is 5.15. The number of hydrogen-bond donors (Lipinski definition) is 0. The molecule has 0 N–H and O–H groups in total. The summed E-state index contributed by atoms with van der Waals surface area (Å²) < 4.78 is 7.80. The van der Waals surface area contributed by atoms with Gasteiger partial charge in [-0.05, 0) is 48.2 Å². The van der Waals surface area contributed by atoms with E-state index in [-0.39, 0.29) is 6.04 Å². The van der Waals surface area contributed by atoms with Gasteiger partial charge in [0, 0.05) is 19.0 Å². The first kappa shape index (κ1) is 15.0. The van der Waals surface area contributed by atoms with Gasteiger partial charge in [0.15, 0.2) is 11.8 Å². The summed E-state index contributed by atoms with van der Waals surface area (Å²) >= 11 is 0. The molecule has 1 aliphatic rings. The number of oxazole rings is 1. The molecule has 1 fully saturated rings. The highest BCUT2D eigenvalue weighted by Crippen LogP contribution is 2.34. The molecular formula is C20H17N5O. The van der Waals surface area contributed by atoms with Gasteiger partial charge in [-0.1, -0.05) is 12.1 Å². The van der Waals surface area contributed by atoms with Crippen molar-refractivity contribution in [2.24, 2.45) is 7.05 Å². The highest BCUT2D eigenvalue weighted by atomic mass is 16.3. The molecule has 128 valence electrons. The zero-order valence-corrected chi connectivity index (χ0v) is 14.4. The first-order valence-electron chi connectivity index (χ1n) is 8.72. The summed E-state index contributed by atoms with van der Waals surface area (Å²) in [7, 11) is 1.94. The molecule has 0 spiro atoms. The molecule has 3 heterocycles. The maximum Gasteiger partial charge on any atom is 0.218 e. The summed E-state index contributed by atoms with van der Waals surface area (Å²) in [4.78, 5) is 6.42. The number of fused-ring (bicyclic) bond motifs is 2. The van der Waals surface area contributed by atoms with Crippen LogP contribution in [0.1, 0.15) is 24.8 Å². The Bertz CT molecular complexity index is 1170. The van der Waals surface area contributed by atoms with Crippen molar-refractivity contribution in [2.75, 3.05) is 6.54 Å². The molecule has 1 atom stereocenters. The van der Waals surface area contributed by atoms with E-state index in [2.05, 4.69) is 34.5 Å². The minimum Gasteiger partial charge on any atom is -0.438 e. The summed E-state index contributed by atoms with van der Waals surface area (Å²) in [5, 5.41) is 14.7. The fraction of sp³-hybridized carbons (Fsp3) is 0.250. The van der Waals surface area contributed by atoms with Gasteiger partial charge in [0.1, 0.15) is 11.6 Å². The second-order valence-corrected chi connectivity index (χ2v) is 6.73. The summed E-state index contributed by atoms with van der Waals surface area (Å²) in [5.74, 6) is 0.638. The van der Waals surface area contributed by atoms with Gasteiger partial charge in [-0.25, -0.2) is 4.98 Å². The number of nitriles is 1. The van der Waals surface area contributed by atoms with E-state index in [4.69, 9.17) is 4.42 Å². The van der Waals surface area contributed by atoms with Gasteiger partial charge in [-0.3, -0.25) is 9.58 Å². The molecule has 26 heavy (non-hydrogen) atoms. The van der Waals surface area contributed by atoms with E-state index >= 15 is 0 Å². The minimum atomic E-state index is -0.0393. The van der Waals surface area contributed by atoms with Gasteiger partial charge in [0.2, 0.25) is 5.89 Å². The number of aromatic nitrogens is 3. The lowest BCUT2D eigenvalue weighted by molar-refractivity contribution is 0.314. The average molecular weight is 343 g/mol. The lowest BCUT2D eigenvalue weighted by Gasteiger charge is -2.13. The second kappa shape index (κ2) is 5.60. The van der Waals surface area contributed by atoms with Crippen LogP contribution >= 0.6 is 0 Å². The molecule has 0 amide bonds. The van der Waals surface area contributed by atoms with Crippen molar-refractivity contribution in [3.63, 3.8) is 0 Å². The fourth-order valence-corrected chi connectivity index (χ4v) is 3.75. The summed E-state index contributed by atoms with van der Waals surface area (Å²) in [6.45, 7) is 0.774. The predicted octanol–water partition coefficient (Wildman–Crippen LogP) is 4.00. The van der Waals surface area contributed by atoms with E-state index in [9.17, 15) is 5.26 Å². The normalized spacial score (nSPS) is 17.2. The zero-order valence-electron chi connectivity index (χ0n) is 14.4. The highest BCUT2D eigenvalue weighted by Gasteiger charge is 2.29. The summed E-state index contributed by atoms with van der Waals surface area (Å²) in [6, 6.07) is 12.3. The quantitative estimate of drug-likeness (QED) is 0.515. The van der Waals surface area contributed by atoms with Crippen LogP contribution in [0.2, 0.25) is 0 Å². The monoisotopic (exact) mass is 343 g/mol.